The summed E-state index contributed by atoms with van der Waals surface area (Å²) in [5.41, 5.74) is 2.73. The Morgan fingerprint density at radius 3 is 2.74 bits per heavy atom. The molecule has 166 valence electrons. The molecule has 31 heavy (non-hydrogen) atoms. The highest BCUT2D eigenvalue weighted by Gasteiger charge is 2.25. The molecule has 2 heterocycles. The fourth-order valence-corrected chi connectivity index (χ4v) is 3.73. The van der Waals surface area contributed by atoms with Gasteiger partial charge in [-0.05, 0) is 60.4 Å². The van der Waals surface area contributed by atoms with Gasteiger partial charge in [0, 0.05) is 22.7 Å². The fraction of sp³-hybridized carbons (Fsp3) is 0.333. The number of hydrogen-bond donors (Lipinski definition) is 2. The lowest BCUT2D eigenvalue weighted by Gasteiger charge is -2.15. The zero-order valence-corrected chi connectivity index (χ0v) is 19.5. The predicted octanol–water partition coefficient (Wildman–Crippen LogP) is 2.18. The second kappa shape index (κ2) is 9.90. The molecule has 0 saturated heterocycles. The number of hydroxylamine groups is 1. The standard InChI is InChI=1S/C21H23FIN3O5/c1-25(2)11-14-10-15-19(31-14)18(20(28)24-30-7-6-27)17(26(3)21(15)29)8-12-4-5-13(23)9-16(12)22/h4-5,9-10,27H,6-8,11H2,1-3H3,(H,24,28). The molecule has 3 aromatic rings. The fourth-order valence-electron chi connectivity index (χ4n) is 3.28. The van der Waals surface area contributed by atoms with E-state index in [2.05, 4.69) is 5.48 Å². The van der Waals surface area contributed by atoms with Crippen LogP contribution in [0.25, 0.3) is 11.0 Å². The van der Waals surface area contributed by atoms with Crippen molar-refractivity contribution < 1.29 is 23.5 Å². The van der Waals surface area contributed by atoms with E-state index in [1.165, 1.54) is 17.7 Å². The second-order valence-corrected chi connectivity index (χ2v) is 8.54. The lowest BCUT2D eigenvalue weighted by atomic mass is 10.0. The molecule has 0 radical (unpaired) electrons. The quantitative estimate of drug-likeness (QED) is 0.257. The predicted molar refractivity (Wildman–Crippen MR) is 121 cm³/mol. The van der Waals surface area contributed by atoms with Gasteiger partial charge in [0.1, 0.15) is 17.1 Å². The van der Waals surface area contributed by atoms with Crippen LogP contribution in [0, 0.1) is 9.39 Å². The Labute approximate surface area is 191 Å². The van der Waals surface area contributed by atoms with Gasteiger partial charge in [-0.3, -0.25) is 14.4 Å². The van der Waals surface area contributed by atoms with Crippen LogP contribution >= 0.6 is 22.6 Å². The molecule has 0 atom stereocenters. The minimum atomic E-state index is -0.652. The molecule has 0 unspecified atom stereocenters. The average molecular weight is 543 g/mol. The van der Waals surface area contributed by atoms with E-state index in [4.69, 9.17) is 14.4 Å². The number of aromatic nitrogens is 1. The number of hydrogen-bond acceptors (Lipinski definition) is 6. The molecule has 1 amide bonds. The van der Waals surface area contributed by atoms with Crippen LogP contribution in [-0.2, 0) is 24.9 Å². The number of pyridine rings is 1. The zero-order chi connectivity index (χ0) is 22.7. The third kappa shape index (κ3) is 5.14. The first kappa shape index (κ1) is 23.4. The second-order valence-electron chi connectivity index (χ2n) is 7.29. The van der Waals surface area contributed by atoms with E-state index < -0.39 is 11.7 Å². The largest absolute Gasteiger partial charge is 0.459 e. The number of nitrogens with one attached hydrogen (secondary N) is 1. The number of carbonyl (C=O) groups excluding carboxylic acids is 1. The Hall–Kier alpha value is -2.28. The van der Waals surface area contributed by atoms with Gasteiger partial charge in [-0.2, -0.15) is 0 Å². The first-order valence-corrected chi connectivity index (χ1v) is 10.6. The van der Waals surface area contributed by atoms with Gasteiger partial charge in [-0.1, -0.05) is 6.07 Å². The van der Waals surface area contributed by atoms with Crippen molar-refractivity contribution in [2.24, 2.45) is 7.05 Å². The Morgan fingerprint density at radius 1 is 1.35 bits per heavy atom. The van der Waals surface area contributed by atoms with Crippen LogP contribution in [0.15, 0.2) is 33.5 Å². The van der Waals surface area contributed by atoms with Crippen LogP contribution in [0.1, 0.15) is 27.4 Å². The van der Waals surface area contributed by atoms with Crippen LogP contribution in [0.3, 0.4) is 0 Å². The normalized spacial score (nSPS) is 11.5. The van der Waals surface area contributed by atoms with E-state index in [1.807, 2.05) is 41.6 Å². The van der Waals surface area contributed by atoms with Gasteiger partial charge in [-0.15, -0.1) is 0 Å². The molecular formula is C21H23FIN3O5. The lowest BCUT2D eigenvalue weighted by Crippen LogP contribution is -2.31. The number of aliphatic hydroxyl groups is 1. The Bertz CT molecular complexity index is 1170. The van der Waals surface area contributed by atoms with E-state index >= 15 is 0 Å². The van der Waals surface area contributed by atoms with Crippen molar-refractivity contribution in [1.82, 2.24) is 14.9 Å². The Balaban J connectivity index is 2.20. The van der Waals surface area contributed by atoms with Gasteiger partial charge >= 0.3 is 0 Å². The van der Waals surface area contributed by atoms with Crippen molar-refractivity contribution in [3.8, 4) is 0 Å². The molecule has 0 fully saturated rings. The van der Waals surface area contributed by atoms with Crippen molar-refractivity contribution in [1.29, 1.82) is 0 Å². The molecule has 0 bridgehead atoms. The molecule has 1 aromatic carbocycles. The van der Waals surface area contributed by atoms with Gasteiger partial charge in [0.25, 0.3) is 11.5 Å². The van der Waals surface area contributed by atoms with Gasteiger partial charge < -0.3 is 19.0 Å². The number of furan rings is 1. The number of fused-ring (bicyclic) bond motifs is 1. The van der Waals surface area contributed by atoms with Crippen molar-refractivity contribution in [3.63, 3.8) is 0 Å². The Kier molecular flexibility index (Phi) is 7.46. The first-order chi connectivity index (χ1) is 14.7. The third-order valence-corrected chi connectivity index (χ3v) is 5.34. The number of halogens is 2. The maximum Gasteiger partial charge on any atom is 0.280 e. The molecule has 0 aliphatic heterocycles. The van der Waals surface area contributed by atoms with E-state index in [9.17, 15) is 14.0 Å². The maximum atomic E-state index is 14.5. The van der Waals surface area contributed by atoms with Crippen LogP contribution in [-0.4, -0.2) is 47.8 Å². The maximum absolute atomic E-state index is 14.5. The van der Waals surface area contributed by atoms with Gasteiger partial charge in [0.15, 0.2) is 5.58 Å². The molecule has 3 rings (SSSR count). The monoisotopic (exact) mass is 543 g/mol. The topological polar surface area (TPSA) is 96.9 Å². The molecule has 0 spiro atoms. The van der Waals surface area contributed by atoms with Gasteiger partial charge in [0.05, 0.1) is 25.1 Å². The summed E-state index contributed by atoms with van der Waals surface area (Å²) >= 11 is 2.01. The molecule has 10 heteroatoms. The highest BCUT2D eigenvalue weighted by Crippen LogP contribution is 2.26. The van der Waals surface area contributed by atoms with Crippen LogP contribution in [0.4, 0.5) is 4.39 Å². The lowest BCUT2D eigenvalue weighted by molar-refractivity contribution is 0.0167. The third-order valence-electron chi connectivity index (χ3n) is 4.67. The van der Waals surface area contributed by atoms with E-state index in [0.29, 0.717) is 17.9 Å². The Morgan fingerprint density at radius 2 is 2.10 bits per heavy atom. The summed E-state index contributed by atoms with van der Waals surface area (Å²) < 4.78 is 22.5. The van der Waals surface area contributed by atoms with Crippen LogP contribution < -0.4 is 11.0 Å². The van der Waals surface area contributed by atoms with E-state index in [0.717, 1.165) is 3.57 Å². The number of carbonyl (C=O) groups is 1. The number of aliphatic hydroxyl groups excluding tert-OH is 1. The smallest absolute Gasteiger partial charge is 0.280 e. The summed E-state index contributed by atoms with van der Waals surface area (Å²) in [6.45, 7) is 0.0458. The summed E-state index contributed by atoms with van der Waals surface area (Å²) in [7, 11) is 5.24. The first-order valence-electron chi connectivity index (χ1n) is 9.48. The average Bonchev–Trinajstić information content (AvgIpc) is 3.10. The summed E-state index contributed by atoms with van der Waals surface area (Å²) in [4.78, 5) is 32.8. The summed E-state index contributed by atoms with van der Waals surface area (Å²) in [5, 5.41) is 9.15. The minimum absolute atomic E-state index is 0.00307. The highest BCUT2D eigenvalue weighted by molar-refractivity contribution is 14.1. The van der Waals surface area contributed by atoms with Crippen molar-refractivity contribution in [2.45, 2.75) is 13.0 Å². The summed E-state index contributed by atoms with van der Waals surface area (Å²) in [5.74, 6) is -0.573. The molecule has 0 aliphatic carbocycles. The number of rotatable bonds is 8. The molecule has 0 saturated carbocycles. The highest BCUT2D eigenvalue weighted by atomic mass is 127. The van der Waals surface area contributed by atoms with E-state index in [1.54, 1.807) is 18.2 Å². The van der Waals surface area contributed by atoms with Gasteiger partial charge in [0.2, 0.25) is 0 Å². The minimum Gasteiger partial charge on any atom is -0.459 e. The van der Waals surface area contributed by atoms with Crippen molar-refractivity contribution in [3.05, 3.63) is 66.6 Å². The van der Waals surface area contributed by atoms with Crippen molar-refractivity contribution >= 4 is 39.5 Å². The zero-order valence-electron chi connectivity index (χ0n) is 17.4. The SMILES string of the molecule is CN(C)Cc1cc2c(=O)n(C)c(Cc3ccc(I)cc3F)c(C(=O)NOCCO)c2o1. The number of nitrogens with zero attached hydrogens (tertiary/aromatic N) is 2. The summed E-state index contributed by atoms with van der Waals surface area (Å²) in [6.07, 6.45) is -0.00307. The molecule has 0 aliphatic rings. The number of amides is 1. The van der Waals surface area contributed by atoms with Crippen molar-refractivity contribution in [2.75, 3.05) is 27.3 Å². The summed E-state index contributed by atoms with van der Waals surface area (Å²) in [6, 6.07) is 6.37. The molecule has 8 nitrogen and oxygen atoms in total. The molecule has 2 aromatic heterocycles. The number of benzene rings is 1. The van der Waals surface area contributed by atoms with Gasteiger partial charge in [-0.25, -0.2) is 9.87 Å². The molecule has 2 N–H and O–H groups in total. The van der Waals surface area contributed by atoms with Crippen LogP contribution in [0.5, 0.6) is 0 Å². The molecular weight excluding hydrogens is 520 g/mol. The van der Waals surface area contributed by atoms with E-state index in [-0.39, 0.29) is 47.4 Å². The van der Waals surface area contributed by atoms with Crippen LogP contribution in [0.2, 0.25) is 0 Å².